The highest BCUT2D eigenvalue weighted by molar-refractivity contribution is 5.94. The van der Waals surface area contributed by atoms with Crippen LogP contribution in [0.25, 0.3) is 0 Å². The molecule has 1 heterocycles. The van der Waals surface area contributed by atoms with Crippen molar-refractivity contribution in [3.63, 3.8) is 0 Å². The number of ether oxygens (including phenoxy) is 2. The molecule has 2 rings (SSSR count). The van der Waals surface area contributed by atoms with Crippen LogP contribution >= 0.6 is 0 Å². The summed E-state index contributed by atoms with van der Waals surface area (Å²) in [6.45, 7) is 3.41. The van der Waals surface area contributed by atoms with E-state index in [1.54, 1.807) is 25.3 Å². The van der Waals surface area contributed by atoms with Crippen molar-refractivity contribution in [3.8, 4) is 0 Å². The third-order valence-electron chi connectivity index (χ3n) is 3.35. The van der Waals surface area contributed by atoms with Gasteiger partial charge in [0.1, 0.15) is 11.4 Å². The zero-order valence-electron chi connectivity index (χ0n) is 11.9. The Morgan fingerprint density at radius 3 is 3.00 bits per heavy atom. The first kappa shape index (κ1) is 14.8. The molecule has 110 valence electrons. The lowest BCUT2D eigenvalue weighted by Gasteiger charge is -2.13. The number of nitrogens with one attached hydrogen (secondary N) is 1. The van der Waals surface area contributed by atoms with E-state index in [2.05, 4.69) is 10.3 Å². The molecule has 5 heteroatoms. The summed E-state index contributed by atoms with van der Waals surface area (Å²) in [5.41, 5.74) is 0.468. The molecule has 5 nitrogen and oxygen atoms in total. The molecule has 1 N–H and O–H groups in total. The highest BCUT2D eigenvalue weighted by Crippen LogP contribution is 2.20. The maximum atomic E-state index is 11.8. The minimum Gasteiger partial charge on any atom is -0.462 e. The molecule has 1 aliphatic rings. The van der Waals surface area contributed by atoms with E-state index in [0.717, 1.165) is 12.8 Å². The molecule has 1 aliphatic carbocycles. The molecule has 0 atom stereocenters. The van der Waals surface area contributed by atoms with E-state index in [4.69, 9.17) is 9.47 Å². The number of hydrogen-bond donors (Lipinski definition) is 1. The Morgan fingerprint density at radius 1 is 1.45 bits per heavy atom. The molecule has 0 spiro atoms. The SMILES string of the molecule is CCOC(=O)c1cccnc1NCCOC1CCCC1. The van der Waals surface area contributed by atoms with Gasteiger partial charge in [-0.1, -0.05) is 12.8 Å². The van der Waals surface area contributed by atoms with Gasteiger partial charge in [0.05, 0.1) is 19.3 Å². The fourth-order valence-corrected chi connectivity index (χ4v) is 2.37. The van der Waals surface area contributed by atoms with Gasteiger partial charge in [-0.25, -0.2) is 9.78 Å². The molecule has 20 heavy (non-hydrogen) atoms. The third kappa shape index (κ3) is 4.20. The van der Waals surface area contributed by atoms with Gasteiger partial charge in [-0.3, -0.25) is 0 Å². The monoisotopic (exact) mass is 278 g/mol. The summed E-state index contributed by atoms with van der Waals surface area (Å²) in [6, 6.07) is 3.44. The van der Waals surface area contributed by atoms with Crippen LogP contribution in [0, 0.1) is 0 Å². The lowest BCUT2D eigenvalue weighted by Crippen LogP contribution is -2.17. The number of carbonyl (C=O) groups excluding carboxylic acids is 1. The van der Waals surface area contributed by atoms with Crippen LogP contribution in [0.5, 0.6) is 0 Å². The third-order valence-corrected chi connectivity index (χ3v) is 3.35. The Bertz CT molecular complexity index is 431. The number of carbonyl (C=O) groups is 1. The van der Waals surface area contributed by atoms with Crippen molar-refractivity contribution in [1.82, 2.24) is 4.98 Å². The first-order chi connectivity index (χ1) is 9.81. The second-order valence-electron chi connectivity index (χ2n) is 4.82. The Kier molecular flexibility index (Phi) is 5.80. The summed E-state index contributed by atoms with van der Waals surface area (Å²) in [5.74, 6) is 0.209. The molecule has 1 fully saturated rings. The first-order valence-electron chi connectivity index (χ1n) is 7.29. The summed E-state index contributed by atoms with van der Waals surface area (Å²) in [6.07, 6.45) is 6.93. The predicted molar refractivity (Wildman–Crippen MR) is 76.9 cm³/mol. The maximum Gasteiger partial charge on any atom is 0.341 e. The van der Waals surface area contributed by atoms with Crippen LogP contribution in [-0.4, -0.2) is 36.8 Å². The van der Waals surface area contributed by atoms with Crippen molar-refractivity contribution in [1.29, 1.82) is 0 Å². The lowest BCUT2D eigenvalue weighted by atomic mass is 10.2. The van der Waals surface area contributed by atoms with Gasteiger partial charge in [0, 0.05) is 12.7 Å². The van der Waals surface area contributed by atoms with E-state index in [0.29, 0.717) is 37.2 Å². The van der Waals surface area contributed by atoms with Gasteiger partial charge in [0.25, 0.3) is 0 Å². The van der Waals surface area contributed by atoms with Crippen molar-refractivity contribution >= 4 is 11.8 Å². The van der Waals surface area contributed by atoms with Crippen molar-refractivity contribution in [2.24, 2.45) is 0 Å². The molecular formula is C15H22N2O3. The molecule has 0 amide bonds. The number of aromatic nitrogens is 1. The van der Waals surface area contributed by atoms with Crippen LogP contribution in [0.4, 0.5) is 5.82 Å². The van der Waals surface area contributed by atoms with Gasteiger partial charge in [-0.2, -0.15) is 0 Å². The van der Waals surface area contributed by atoms with E-state index in [-0.39, 0.29) is 5.97 Å². The highest BCUT2D eigenvalue weighted by Gasteiger charge is 2.15. The summed E-state index contributed by atoms with van der Waals surface area (Å²) >= 11 is 0. The maximum absolute atomic E-state index is 11.8. The largest absolute Gasteiger partial charge is 0.462 e. The van der Waals surface area contributed by atoms with E-state index in [9.17, 15) is 4.79 Å². The average molecular weight is 278 g/mol. The lowest BCUT2D eigenvalue weighted by molar-refractivity contribution is 0.0526. The number of hydrogen-bond acceptors (Lipinski definition) is 5. The topological polar surface area (TPSA) is 60.5 Å². The summed E-state index contributed by atoms with van der Waals surface area (Å²) < 4.78 is 10.8. The van der Waals surface area contributed by atoms with Gasteiger partial charge in [-0.15, -0.1) is 0 Å². The van der Waals surface area contributed by atoms with Crippen LogP contribution in [0.2, 0.25) is 0 Å². The van der Waals surface area contributed by atoms with Crippen molar-refractivity contribution < 1.29 is 14.3 Å². The van der Waals surface area contributed by atoms with Gasteiger partial charge in [0.2, 0.25) is 0 Å². The van der Waals surface area contributed by atoms with Crippen LogP contribution in [0.1, 0.15) is 43.0 Å². The van der Waals surface area contributed by atoms with Gasteiger partial charge >= 0.3 is 5.97 Å². The number of nitrogens with zero attached hydrogens (tertiary/aromatic N) is 1. The molecule has 0 unspecified atom stereocenters. The predicted octanol–water partition coefficient (Wildman–Crippen LogP) is 2.63. The van der Waals surface area contributed by atoms with Gasteiger partial charge < -0.3 is 14.8 Å². The van der Waals surface area contributed by atoms with Crippen molar-refractivity contribution in [2.45, 2.75) is 38.7 Å². The van der Waals surface area contributed by atoms with E-state index in [1.165, 1.54) is 12.8 Å². The summed E-state index contributed by atoms with van der Waals surface area (Å²) in [5, 5.41) is 3.14. The number of esters is 1. The van der Waals surface area contributed by atoms with Crippen LogP contribution in [0.15, 0.2) is 18.3 Å². The first-order valence-corrected chi connectivity index (χ1v) is 7.29. The molecule has 0 bridgehead atoms. The van der Waals surface area contributed by atoms with E-state index < -0.39 is 0 Å². The Hall–Kier alpha value is -1.62. The Balaban J connectivity index is 1.80. The minimum absolute atomic E-state index is 0.347. The zero-order chi connectivity index (χ0) is 14.2. The van der Waals surface area contributed by atoms with Crippen LogP contribution < -0.4 is 5.32 Å². The number of pyridine rings is 1. The van der Waals surface area contributed by atoms with Gasteiger partial charge in [0.15, 0.2) is 0 Å². The van der Waals surface area contributed by atoms with Crippen molar-refractivity contribution in [3.05, 3.63) is 23.9 Å². The average Bonchev–Trinajstić information content (AvgIpc) is 2.97. The molecular weight excluding hydrogens is 256 g/mol. The molecule has 1 aromatic heterocycles. The van der Waals surface area contributed by atoms with E-state index >= 15 is 0 Å². The molecule has 1 aromatic rings. The summed E-state index contributed by atoms with van der Waals surface area (Å²) in [4.78, 5) is 16.0. The molecule has 0 aromatic carbocycles. The quantitative estimate of drug-likeness (QED) is 0.613. The smallest absolute Gasteiger partial charge is 0.341 e. The molecule has 0 saturated heterocycles. The van der Waals surface area contributed by atoms with Crippen LogP contribution in [0.3, 0.4) is 0 Å². The zero-order valence-corrected chi connectivity index (χ0v) is 11.9. The van der Waals surface area contributed by atoms with Crippen LogP contribution in [-0.2, 0) is 9.47 Å². The Labute approximate surface area is 119 Å². The van der Waals surface area contributed by atoms with Gasteiger partial charge in [-0.05, 0) is 31.9 Å². The fraction of sp³-hybridized carbons (Fsp3) is 0.600. The number of anilines is 1. The minimum atomic E-state index is -0.347. The van der Waals surface area contributed by atoms with Crippen molar-refractivity contribution in [2.75, 3.05) is 25.1 Å². The molecule has 1 saturated carbocycles. The Morgan fingerprint density at radius 2 is 2.25 bits per heavy atom. The normalized spacial score (nSPS) is 15.2. The fourth-order valence-electron chi connectivity index (χ4n) is 2.37. The second-order valence-corrected chi connectivity index (χ2v) is 4.82. The summed E-state index contributed by atoms with van der Waals surface area (Å²) in [7, 11) is 0. The number of rotatable bonds is 7. The molecule has 0 aliphatic heterocycles. The van der Waals surface area contributed by atoms with E-state index in [1.807, 2.05) is 0 Å². The second kappa shape index (κ2) is 7.85. The highest BCUT2D eigenvalue weighted by atomic mass is 16.5. The standard InChI is InChI=1S/C15H22N2O3/c1-2-19-15(18)13-8-5-9-16-14(13)17-10-11-20-12-6-3-4-7-12/h5,8-9,12H,2-4,6-7,10-11H2,1H3,(H,16,17). The molecule has 0 radical (unpaired) electrons.